The molecule has 1 aromatic heterocycles. The van der Waals surface area contributed by atoms with Crippen molar-refractivity contribution in [2.75, 3.05) is 20.3 Å². The molecule has 2 unspecified atom stereocenters. The number of carbonyl (C=O) groups is 2. The first-order chi connectivity index (χ1) is 13.6. The summed E-state index contributed by atoms with van der Waals surface area (Å²) in [5.74, 6) is -1.88. The van der Waals surface area contributed by atoms with Gasteiger partial charge in [0.2, 0.25) is 0 Å². The molecule has 0 saturated carbocycles. The van der Waals surface area contributed by atoms with Crippen molar-refractivity contribution in [1.29, 1.82) is 0 Å². The number of furan rings is 1. The average molecular weight is 381 g/mol. The van der Waals surface area contributed by atoms with E-state index in [4.69, 9.17) is 19.6 Å². The minimum atomic E-state index is -1.05. The predicted octanol–water partition coefficient (Wildman–Crippen LogP) is 3.55. The zero-order chi connectivity index (χ0) is 20.1. The van der Waals surface area contributed by atoms with Gasteiger partial charge < -0.3 is 19.6 Å². The van der Waals surface area contributed by atoms with Gasteiger partial charge >= 0.3 is 5.97 Å². The molecule has 146 valence electrons. The van der Waals surface area contributed by atoms with Crippen LogP contribution in [0.3, 0.4) is 0 Å². The number of Topliss-reactive ketones (excluding diaryl/α,β-unsaturated/α-hetero) is 1. The number of ketones is 1. The Morgan fingerprint density at radius 2 is 1.86 bits per heavy atom. The number of benzene rings is 2. The van der Waals surface area contributed by atoms with Crippen LogP contribution >= 0.6 is 0 Å². The summed E-state index contributed by atoms with van der Waals surface area (Å²) < 4.78 is 15.8. The smallest absolute Gasteiger partial charge is 0.317 e. The van der Waals surface area contributed by atoms with Crippen molar-refractivity contribution in [3.05, 3.63) is 65.9 Å². The Labute approximate surface area is 163 Å². The number of esters is 1. The molecule has 6 heteroatoms. The number of hydrogen-bond donors (Lipinski definition) is 1. The molecule has 0 aliphatic carbocycles. The summed E-state index contributed by atoms with van der Waals surface area (Å²) in [7, 11) is 1.55. The van der Waals surface area contributed by atoms with Gasteiger partial charge in [0.1, 0.15) is 17.3 Å². The summed E-state index contributed by atoms with van der Waals surface area (Å²) in [6.45, 7) is 2.00. The third-order valence-electron chi connectivity index (χ3n) is 4.76. The van der Waals surface area contributed by atoms with Crippen LogP contribution in [0.25, 0.3) is 11.0 Å². The highest BCUT2D eigenvalue weighted by Crippen LogP contribution is 2.31. The number of fused-ring (bicyclic) bond motifs is 1. The Bertz CT molecular complexity index is 960. The molecule has 1 heterocycles. The van der Waals surface area contributed by atoms with E-state index in [9.17, 15) is 9.59 Å². The van der Waals surface area contributed by atoms with E-state index in [0.29, 0.717) is 16.9 Å². The molecule has 3 aromatic rings. The molecule has 0 fully saturated rings. The Morgan fingerprint density at radius 1 is 1.11 bits per heavy atom. The van der Waals surface area contributed by atoms with Crippen molar-refractivity contribution in [3.63, 3.8) is 0 Å². The first-order valence-electron chi connectivity index (χ1n) is 9.11. The molecule has 3 rings (SSSR count). The average Bonchev–Trinajstić information content (AvgIpc) is 3.19. The normalized spacial score (nSPS) is 13.1. The Morgan fingerprint density at radius 3 is 2.50 bits per heavy atom. The molecule has 0 saturated heterocycles. The topological polar surface area (TPSA) is 91.8 Å². The summed E-state index contributed by atoms with van der Waals surface area (Å²) >= 11 is 0. The van der Waals surface area contributed by atoms with Crippen LogP contribution in [0.1, 0.15) is 28.8 Å². The van der Waals surface area contributed by atoms with E-state index >= 15 is 0 Å². The summed E-state index contributed by atoms with van der Waals surface area (Å²) in [4.78, 5) is 25.9. The van der Waals surface area contributed by atoms with Crippen molar-refractivity contribution >= 4 is 22.7 Å². The van der Waals surface area contributed by atoms with Gasteiger partial charge in [0.05, 0.1) is 20.0 Å². The van der Waals surface area contributed by atoms with Crippen LogP contribution in [-0.2, 0) is 9.53 Å². The lowest BCUT2D eigenvalue weighted by atomic mass is 9.81. The van der Waals surface area contributed by atoms with E-state index in [2.05, 4.69) is 0 Å². The molecule has 2 N–H and O–H groups in total. The molecule has 6 nitrogen and oxygen atoms in total. The zero-order valence-corrected chi connectivity index (χ0v) is 15.9. The fourth-order valence-electron chi connectivity index (χ4n) is 3.29. The third-order valence-corrected chi connectivity index (χ3v) is 4.76. The fraction of sp³-hybridized carbons (Fsp3) is 0.273. The van der Waals surface area contributed by atoms with Crippen LogP contribution in [0.4, 0.5) is 0 Å². The Balaban J connectivity index is 2.00. The van der Waals surface area contributed by atoms with Crippen LogP contribution in [0.2, 0.25) is 0 Å². The quantitative estimate of drug-likeness (QED) is 0.364. The van der Waals surface area contributed by atoms with Gasteiger partial charge in [0.25, 0.3) is 0 Å². The first-order valence-corrected chi connectivity index (χ1v) is 9.11. The molecule has 0 amide bonds. The van der Waals surface area contributed by atoms with Gasteiger partial charge in [-0.25, -0.2) is 0 Å². The summed E-state index contributed by atoms with van der Waals surface area (Å²) in [6.07, 6.45) is 1.59. The van der Waals surface area contributed by atoms with Gasteiger partial charge in [-0.2, -0.15) is 0 Å². The van der Waals surface area contributed by atoms with Crippen LogP contribution in [-0.4, -0.2) is 32.0 Å². The molecular formula is C22H23NO5. The number of ether oxygens (including phenoxy) is 2. The van der Waals surface area contributed by atoms with Gasteiger partial charge in [-0.3, -0.25) is 9.59 Å². The van der Waals surface area contributed by atoms with Crippen LogP contribution in [0.5, 0.6) is 5.75 Å². The fourth-order valence-corrected chi connectivity index (χ4v) is 3.29. The Kier molecular flexibility index (Phi) is 6.11. The number of methoxy groups -OCH3 is 1. The summed E-state index contributed by atoms with van der Waals surface area (Å²) in [5, 5.41) is 0.939. The van der Waals surface area contributed by atoms with E-state index in [1.165, 1.54) is 0 Å². The lowest BCUT2D eigenvalue weighted by Gasteiger charge is -2.24. The maximum atomic E-state index is 13.2. The molecule has 0 bridgehead atoms. The SMILES string of the molecule is CCOC(=O)C(C(=O)c1ccc(OC)cc1)C(CN)c1ccc2ccoc2c1. The number of nitrogens with two attached hydrogens (primary N) is 1. The van der Waals surface area contributed by atoms with Crippen molar-refractivity contribution in [3.8, 4) is 5.75 Å². The van der Waals surface area contributed by atoms with Crippen molar-refractivity contribution in [1.82, 2.24) is 0 Å². The lowest BCUT2D eigenvalue weighted by Crippen LogP contribution is -2.35. The van der Waals surface area contributed by atoms with Crippen molar-refractivity contribution in [2.45, 2.75) is 12.8 Å². The van der Waals surface area contributed by atoms with E-state index < -0.39 is 17.8 Å². The summed E-state index contributed by atoms with van der Waals surface area (Å²) in [5.41, 5.74) is 7.84. The van der Waals surface area contributed by atoms with Crippen molar-refractivity contribution < 1.29 is 23.5 Å². The molecule has 0 radical (unpaired) electrons. The second-order valence-electron chi connectivity index (χ2n) is 6.38. The molecular weight excluding hydrogens is 358 g/mol. The van der Waals surface area contributed by atoms with Gasteiger partial charge in [-0.05, 0) is 48.9 Å². The van der Waals surface area contributed by atoms with Crippen LogP contribution in [0, 0.1) is 5.92 Å². The lowest BCUT2D eigenvalue weighted by molar-refractivity contribution is -0.146. The molecule has 0 aliphatic rings. The first kappa shape index (κ1) is 19.6. The second kappa shape index (κ2) is 8.71. The van der Waals surface area contributed by atoms with E-state index in [1.54, 1.807) is 44.6 Å². The van der Waals surface area contributed by atoms with Gasteiger partial charge in [-0.15, -0.1) is 0 Å². The van der Waals surface area contributed by atoms with E-state index in [-0.39, 0.29) is 18.9 Å². The highest BCUT2D eigenvalue weighted by atomic mass is 16.5. The monoisotopic (exact) mass is 381 g/mol. The largest absolute Gasteiger partial charge is 0.497 e. The van der Waals surface area contributed by atoms with Gasteiger partial charge in [0, 0.05) is 23.4 Å². The highest BCUT2D eigenvalue weighted by molar-refractivity contribution is 6.09. The minimum absolute atomic E-state index is 0.109. The maximum absolute atomic E-state index is 13.2. The van der Waals surface area contributed by atoms with Crippen LogP contribution in [0.15, 0.2) is 59.2 Å². The molecule has 0 aliphatic heterocycles. The van der Waals surface area contributed by atoms with E-state index in [1.807, 2.05) is 24.3 Å². The molecule has 0 spiro atoms. The van der Waals surface area contributed by atoms with Gasteiger partial charge in [0.15, 0.2) is 5.78 Å². The van der Waals surface area contributed by atoms with E-state index in [0.717, 1.165) is 10.9 Å². The standard InChI is InChI=1S/C22H23NO5/c1-3-27-22(25)20(21(24)15-6-8-17(26-2)9-7-15)18(13-23)16-5-4-14-10-11-28-19(14)12-16/h4-12,18,20H,3,13,23H2,1-2H3. The van der Waals surface area contributed by atoms with Crippen LogP contribution < -0.4 is 10.5 Å². The Hall–Kier alpha value is -3.12. The maximum Gasteiger partial charge on any atom is 0.317 e. The highest BCUT2D eigenvalue weighted by Gasteiger charge is 2.37. The third kappa shape index (κ3) is 3.92. The minimum Gasteiger partial charge on any atom is -0.497 e. The molecule has 2 atom stereocenters. The second-order valence-corrected chi connectivity index (χ2v) is 6.38. The number of rotatable bonds is 8. The predicted molar refractivity (Wildman–Crippen MR) is 105 cm³/mol. The number of hydrogen-bond acceptors (Lipinski definition) is 6. The zero-order valence-electron chi connectivity index (χ0n) is 15.9. The molecule has 28 heavy (non-hydrogen) atoms. The molecule has 2 aromatic carbocycles. The van der Waals surface area contributed by atoms with Crippen molar-refractivity contribution in [2.24, 2.45) is 11.7 Å². The van der Waals surface area contributed by atoms with Gasteiger partial charge in [-0.1, -0.05) is 12.1 Å². The number of carbonyl (C=O) groups excluding carboxylic acids is 2. The summed E-state index contributed by atoms with van der Waals surface area (Å²) in [6, 6.07) is 14.1.